The molecule has 0 fully saturated rings. The van der Waals surface area contributed by atoms with Crippen molar-refractivity contribution in [2.45, 2.75) is 36.5 Å². The van der Waals surface area contributed by atoms with Crippen LogP contribution in [0.3, 0.4) is 0 Å². The predicted molar refractivity (Wildman–Crippen MR) is 122 cm³/mol. The topological polar surface area (TPSA) is 83.6 Å². The summed E-state index contributed by atoms with van der Waals surface area (Å²) in [6.45, 7) is 4.13. The number of anilines is 2. The Kier molecular flexibility index (Phi) is 5.53. The summed E-state index contributed by atoms with van der Waals surface area (Å²) in [7, 11) is -7.54. The van der Waals surface area contributed by atoms with Crippen molar-refractivity contribution < 1.29 is 16.8 Å². The summed E-state index contributed by atoms with van der Waals surface area (Å²) < 4.78 is 56.2. The van der Waals surface area contributed by atoms with Gasteiger partial charge in [0.1, 0.15) is 0 Å². The molecule has 1 aliphatic rings. The Morgan fingerprint density at radius 1 is 0.806 bits per heavy atom. The molecule has 3 aromatic carbocycles. The molecular weight excluding hydrogens is 432 g/mol. The summed E-state index contributed by atoms with van der Waals surface area (Å²) in [4.78, 5) is 0.381. The highest BCUT2D eigenvalue weighted by Crippen LogP contribution is 2.34. The lowest BCUT2D eigenvalue weighted by molar-refractivity contribution is 0.586. The van der Waals surface area contributed by atoms with Gasteiger partial charge in [-0.3, -0.25) is 9.03 Å². The third-order valence-electron chi connectivity index (χ3n) is 5.53. The zero-order valence-corrected chi connectivity index (χ0v) is 19.0. The van der Waals surface area contributed by atoms with Crippen LogP contribution in [-0.2, 0) is 26.5 Å². The first-order valence-corrected chi connectivity index (χ1v) is 12.9. The fourth-order valence-corrected chi connectivity index (χ4v) is 6.36. The van der Waals surface area contributed by atoms with Crippen LogP contribution in [0, 0.1) is 13.8 Å². The largest absolute Gasteiger partial charge is 0.280 e. The van der Waals surface area contributed by atoms with Gasteiger partial charge in [0.05, 0.1) is 21.2 Å². The van der Waals surface area contributed by atoms with Crippen molar-refractivity contribution in [2.24, 2.45) is 0 Å². The van der Waals surface area contributed by atoms with E-state index in [2.05, 4.69) is 4.72 Å². The molecule has 0 radical (unpaired) electrons. The van der Waals surface area contributed by atoms with E-state index in [0.717, 1.165) is 23.1 Å². The Hall–Kier alpha value is -2.84. The van der Waals surface area contributed by atoms with Gasteiger partial charge in [0.2, 0.25) is 0 Å². The van der Waals surface area contributed by atoms with E-state index in [4.69, 9.17) is 0 Å². The molecule has 0 unspecified atom stereocenters. The molecule has 6 nitrogen and oxygen atoms in total. The fraction of sp³-hybridized carbons (Fsp3) is 0.217. The molecule has 0 aromatic heterocycles. The lowest BCUT2D eigenvalue weighted by Gasteiger charge is -2.31. The number of fused-ring (bicyclic) bond motifs is 1. The van der Waals surface area contributed by atoms with Crippen molar-refractivity contribution in [3.8, 4) is 0 Å². The minimum absolute atomic E-state index is 0.169. The van der Waals surface area contributed by atoms with Gasteiger partial charge in [-0.15, -0.1) is 0 Å². The highest BCUT2D eigenvalue weighted by Gasteiger charge is 2.29. The molecule has 8 heteroatoms. The van der Waals surface area contributed by atoms with Gasteiger partial charge in [-0.2, -0.15) is 0 Å². The lowest BCUT2D eigenvalue weighted by Crippen LogP contribution is -2.35. The third kappa shape index (κ3) is 4.18. The second-order valence-corrected chi connectivity index (χ2v) is 11.2. The van der Waals surface area contributed by atoms with Crippen LogP contribution in [0.25, 0.3) is 0 Å². The van der Waals surface area contributed by atoms with E-state index < -0.39 is 20.0 Å². The summed E-state index contributed by atoms with van der Waals surface area (Å²) >= 11 is 0. The molecule has 162 valence electrons. The fourth-order valence-electron chi connectivity index (χ4n) is 3.67. The summed E-state index contributed by atoms with van der Waals surface area (Å²) in [5.41, 5.74) is 3.60. The Bertz CT molecular complexity index is 1340. The number of nitrogens with zero attached hydrogens (tertiary/aromatic N) is 1. The molecule has 31 heavy (non-hydrogen) atoms. The molecule has 0 spiro atoms. The second-order valence-electron chi connectivity index (χ2n) is 7.69. The van der Waals surface area contributed by atoms with Crippen molar-refractivity contribution >= 4 is 31.4 Å². The molecule has 4 rings (SSSR count). The van der Waals surface area contributed by atoms with E-state index in [1.807, 2.05) is 13.8 Å². The summed E-state index contributed by atoms with van der Waals surface area (Å²) in [6.07, 6.45) is 1.44. The van der Waals surface area contributed by atoms with Gasteiger partial charge in [-0.25, -0.2) is 16.8 Å². The molecule has 3 aromatic rings. The second kappa shape index (κ2) is 8.01. The number of hydrogen-bond acceptors (Lipinski definition) is 4. The molecule has 1 heterocycles. The molecule has 0 saturated heterocycles. The maximum absolute atomic E-state index is 13.2. The number of nitrogens with one attached hydrogen (secondary N) is 1. The molecule has 0 aliphatic carbocycles. The van der Waals surface area contributed by atoms with Crippen LogP contribution in [0.4, 0.5) is 11.4 Å². The zero-order valence-electron chi connectivity index (χ0n) is 17.4. The minimum Gasteiger partial charge on any atom is -0.280 e. The molecule has 0 atom stereocenters. The summed E-state index contributed by atoms with van der Waals surface area (Å²) in [5.74, 6) is 0. The third-order valence-corrected chi connectivity index (χ3v) is 8.74. The molecule has 1 N–H and O–H groups in total. The van der Waals surface area contributed by atoms with E-state index in [1.165, 1.54) is 4.31 Å². The van der Waals surface area contributed by atoms with Gasteiger partial charge >= 0.3 is 0 Å². The molecule has 1 aliphatic heterocycles. The average Bonchev–Trinajstić information content (AvgIpc) is 2.75. The lowest BCUT2D eigenvalue weighted by atomic mass is 10.0. The van der Waals surface area contributed by atoms with E-state index in [0.29, 0.717) is 24.3 Å². The average molecular weight is 457 g/mol. The molecular formula is C23H24N2O4S2. The molecule has 0 saturated carbocycles. The van der Waals surface area contributed by atoms with E-state index in [1.54, 1.807) is 66.7 Å². The first kappa shape index (κ1) is 21.4. The van der Waals surface area contributed by atoms with E-state index >= 15 is 0 Å². The van der Waals surface area contributed by atoms with Gasteiger partial charge in [0, 0.05) is 6.54 Å². The van der Waals surface area contributed by atoms with Crippen LogP contribution < -0.4 is 9.03 Å². The smallest absolute Gasteiger partial charge is 0.264 e. The monoisotopic (exact) mass is 456 g/mol. The standard InChI is InChI=1S/C23H24N2O4S2/c1-17-10-13-22(15-18(17)2)30(26,27)24-20-12-11-19-7-6-14-25(23(19)16-20)31(28,29)21-8-4-3-5-9-21/h3-5,8-13,15-16,24H,6-7,14H2,1-2H3. The van der Waals surface area contributed by atoms with Crippen LogP contribution in [0.1, 0.15) is 23.1 Å². The van der Waals surface area contributed by atoms with Crippen LogP contribution in [0.2, 0.25) is 0 Å². The number of aryl methyl sites for hydroxylation is 3. The number of benzene rings is 3. The molecule has 0 amide bonds. The first-order valence-electron chi connectivity index (χ1n) is 9.99. The summed E-state index contributed by atoms with van der Waals surface area (Å²) in [6, 6.07) is 18.3. The van der Waals surface area contributed by atoms with Crippen LogP contribution in [0.5, 0.6) is 0 Å². The van der Waals surface area contributed by atoms with Crippen molar-refractivity contribution in [1.29, 1.82) is 0 Å². The van der Waals surface area contributed by atoms with Crippen molar-refractivity contribution in [3.63, 3.8) is 0 Å². The molecule has 0 bridgehead atoms. The maximum atomic E-state index is 13.2. The Balaban J connectivity index is 1.70. The highest BCUT2D eigenvalue weighted by molar-refractivity contribution is 7.93. The van der Waals surface area contributed by atoms with Gasteiger partial charge in [-0.1, -0.05) is 30.3 Å². The van der Waals surface area contributed by atoms with Crippen molar-refractivity contribution in [2.75, 3.05) is 15.6 Å². The Morgan fingerprint density at radius 3 is 2.26 bits per heavy atom. The zero-order chi connectivity index (χ0) is 22.2. The number of rotatable bonds is 5. The van der Waals surface area contributed by atoms with E-state index in [-0.39, 0.29) is 9.79 Å². The maximum Gasteiger partial charge on any atom is 0.264 e. The Labute approximate surface area is 183 Å². The number of sulfonamides is 2. The highest BCUT2D eigenvalue weighted by atomic mass is 32.2. The summed E-state index contributed by atoms with van der Waals surface area (Å²) in [5, 5.41) is 0. The first-order chi connectivity index (χ1) is 14.7. The quantitative estimate of drug-likeness (QED) is 0.622. The van der Waals surface area contributed by atoms with Gasteiger partial charge in [-0.05, 0) is 79.8 Å². The minimum atomic E-state index is -3.80. The normalized spacial score (nSPS) is 14.2. The van der Waals surface area contributed by atoms with Gasteiger partial charge in [0.25, 0.3) is 20.0 Å². The van der Waals surface area contributed by atoms with Crippen LogP contribution >= 0.6 is 0 Å². The Morgan fingerprint density at radius 2 is 1.55 bits per heavy atom. The van der Waals surface area contributed by atoms with Crippen molar-refractivity contribution in [3.05, 3.63) is 83.4 Å². The SMILES string of the molecule is Cc1ccc(S(=O)(=O)Nc2ccc3c(c2)N(S(=O)(=O)c2ccccc2)CCC3)cc1C. The van der Waals surface area contributed by atoms with Crippen LogP contribution in [0.15, 0.2) is 76.5 Å². The van der Waals surface area contributed by atoms with Gasteiger partial charge < -0.3 is 0 Å². The number of hydrogen-bond donors (Lipinski definition) is 1. The van der Waals surface area contributed by atoms with Crippen LogP contribution in [-0.4, -0.2) is 23.4 Å². The van der Waals surface area contributed by atoms with Gasteiger partial charge in [0.15, 0.2) is 0 Å². The predicted octanol–water partition coefficient (Wildman–Crippen LogP) is 4.25. The van der Waals surface area contributed by atoms with E-state index in [9.17, 15) is 16.8 Å². The van der Waals surface area contributed by atoms with Crippen molar-refractivity contribution in [1.82, 2.24) is 0 Å².